The fourth-order valence-corrected chi connectivity index (χ4v) is 3.64. The first-order chi connectivity index (χ1) is 10.6. The van der Waals surface area contributed by atoms with Crippen LogP contribution in [-0.2, 0) is 0 Å². The molecule has 0 unspecified atom stereocenters. The number of hydrogen-bond donors (Lipinski definition) is 2. The molecule has 1 aliphatic heterocycles. The van der Waals surface area contributed by atoms with Gasteiger partial charge >= 0.3 is 6.03 Å². The van der Waals surface area contributed by atoms with Crippen LogP contribution in [0.25, 0.3) is 0 Å². The second-order valence-electron chi connectivity index (χ2n) is 7.21. The van der Waals surface area contributed by atoms with Crippen LogP contribution in [0.15, 0.2) is 0 Å². The van der Waals surface area contributed by atoms with E-state index < -0.39 is 0 Å². The van der Waals surface area contributed by atoms with Gasteiger partial charge in [-0.15, -0.1) is 0 Å². The van der Waals surface area contributed by atoms with Gasteiger partial charge < -0.3 is 20.4 Å². The van der Waals surface area contributed by atoms with Crippen LogP contribution in [0.2, 0.25) is 0 Å². The van der Waals surface area contributed by atoms with Crippen LogP contribution in [-0.4, -0.2) is 67.7 Å². The van der Waals surface area contributed by atoms with E-state index in [-0.39, 0.29) is 6.03 Å². The van der Waals surface area contributed by atoms with E-state index in [1.807, 2.05) is 0 Å². The molecule has 1 heterocycles. The fourth-order valence-electron chi connectivity index (χ4n) is 3.64. The average Bonchev–Trinajstić information content (AvgIpc) is 2.91. The Kier molecular flexibility index (Phi) is 6.96. The van der Waals surface area contributed by atoms with E-state index in [0.29, 0.717) is 17.9 Å². The lowest BCUT2D eigenvalue weighted by atomic mass is 10.1. The topological polar surface area (TPSA) is 47.6 Å². The van der Waals surface area contributed by atoms with Crippen molar-refractivity contribution in [3.05, 3.63) is 0 Å². The zero-order chi connectivity index (χ0) is 15.9. The van der Waals surface area contributed by atoms with Gasteiger partial charge in [0, 0.05) is 45.3 Å². The summed E-state index contributed by atoms with van der Waals surface area (Å²) in [6, 6.07) is 0.388. The Hall–Kier alpha value is -0.810. The molecule has 0 aromatic carbocycles. The predicted molar refractivity (Wildman–Crippen MR) is 91.1 cm³/mol. The van der Waals surface area contributed by atoms with Crippen molar-refractivity contribution in [2.45, 2.75) is 46.1 Å². The highest BCUT2D eigenvalue weighted by Crippen LogP contribution is 2.24. The Balaban J connectivity index is 1.59. The highest BCUT2D eigenvalue weighted by Gasteiger charge is 2.24. The number of hydrogen-bond acceptors (Lipinski definition) is 3. The lowest BCUT2D eigenvalue weighted by Gasteiger charge is -2.35. The zero-order valence-corrected chi connectivity index (χ0v) is 14.6. The molecular formula is C17H34N4O. The molecule has 22 heavy (non-hydrogen) atoms. The molecule has 0 radical (unpaired) electrons. The Labute approximate surface area is 135 Å². The van der Waals surface area contributed by atoms with Gasteiger partial charge in [0.2, 0.25) is 0 Å². The number of likely N-dealkylation sites (N-methyl/N-ethyl adjacent to an activating group) is 1. The predicted octanol–water partition coefficient (Wildman–Crippen LogP) is 1.75. The van der Waals surface area contributed by atoms with Gasteiger partial charge in [-0.3, -0.25) is 0 Å². The summed E-state index contributed by atoms with van der Waals surface area (Å²) in [5, 5.41) is 6.18. The third-order valence-corrected chi connectivity index (χ3v) is 5.27. The molecule has 1 saturated heterocycles. The number of rotatable bonds is 6. The summed E-state index contributed by atoms with van der Waals surface area (Å²) in [5.41, 5.74) is 0. The maximum absolute atomic E-state index is 12.0. The van der Waals surface area contributed by atoms with E-state index in [1.54, 1.807) is 0 Å². The summed E-state index contributed by atoms with van der Waals surface area (Å²) in [5.74, 6) is 1.12. The van der Waals surface area contributed by atoms with Crippen LogP contribution in [0.3, 0.4) is 0 Å². The van der Waals surface area contributed by atoms with Gasteiger partial charge in [0.25, 0.3) is 0 Å². The van der Waals surface area contributed by atoms with Gasteiger partial charge in [0.15, 0.2) is 0 Å². The molecule has 0 spiro atoms. The SMILES string of the molecule is CCN1CCN(C[C@H](C)CNC(=O)N[C@H]2CCC[C@@H]2C)CC1. The minimum absolute atomic E-state index is 0.0152. The molecule has 1 saturated carbocycles. The largest absolute Gasteiger partial charge is 0.338 e. The van der Waals surface area contributed by atoms with E-state index in [0.717, 1.165) is 39.1 Å². The van der Waals surface area contributed by atoms with Crippen molar-refractivity contribution in [2.24, 2.45) is 11.8 Å². The maximum Gasteiger partial charge on any atom is 0.315 e. The molecule has 3 atom stereocenters. The molecule has 2 N–H and O–H groups in total. The van der Waals surface area contributed by atoms with Gasteiger partial charge in [0.1, 0.15) is 0 Å². The molecule has 2 rings (SSSR count). The third kappa shape index (κ3) is 5.43. The second-order valence-corrected chi connectivity index (χ2v) is 7.21. The molecule has 2 fully saturated rings. The number of nitrogens with one attached hydrogen (secondary N) is 2. The normalized spacial score (nSPS) is 28.5. The number of carbonyl (C=O) groups is 1. The minimum atomic E-state index is 0.0152. The van der Waals surface area contributed by atoms with E-state index in [1.165, 1.54) is 25.9 Å². The van der Waals surface area contributed by atoms with Crippen molar-refractivity contribution in [3.63, 3.8) is 0 Å². The van der Waals surface area contributed by atoms with Crippen molar-refractivity contribution in [2.75, 3.05) is 45.8 Å². The van der Waals surface area contributed by atoms with Gasteiger partial charge in [-0.1, -0.05) is 27.2 Å². The number of nitrogens with zero attached hydrogens (tertiary/aromatic N) is 2. The summed E-state index contributed by atoms with van der Waals surface area (Å²) >= 11 is 0. The third-order valence-electron chi connectivity index (χ3n) is 5.27. The minimum Gasteiger partial charge on any atom is -0.338 e. The van der Waals surface area contributed by atoms with E-state index >= 15 is 0 Å². The van der Waals surface area contributed by atoms with Gasteiger partial charge in [-0.25, -0.2) is 4.79 Å². The first-order valence-corrected chi connectivity index (χ1v) is 9.07. The molecule has 1 aliphatic carbocycles. The summed E-state index contributed by atoms with van der Waals surface area (Å²) in [6.07, 6.45) is 3.61. The van der Waals surface area contributed by atoms with Gasteiger partial charge in [0.05, 0.1) is 0 Å². The van der Waals surface area contributed by atoms with E-state index in [2.05, 4.69) is 41.2 Å². The first kappa shape index (κ1) is 17.5. The quantitative estimate of drug-likeness (QED) is 0.786. The van der Waals surface area contributed by atoms with Crippen LogP contribution in [0.4, 0.5) is 4.79 Å². The van der Waals surface area contributed by atoms with Crippen molar-refractivity contribution in [1.29, 1.82) is 0 Å². The number of piperazine rings is 1. The number of carbonyl (C=O) groups excluding carboxylic acids is 1. The van der Waals surface area contributed by atoms with Crippen LogP contribution < -0.4 is 10.6 Å². The van der Waals surface area contributed by atoms with Crippen LogP contribution in [0.1, 0.15) is 40.0 Å². The summed E-state index contributed by atoms with van der Waals surface area (Å²) in [4.78, 5) is 17.0. The molecule has 5 heteroatoms. The average molecular weight is 310 g/mol. The van der Waals surface area contributed by atoms with Crippen LogP contribution in [0, 0.1) is 11.8 Å². The molecule has 128 valence electrons. The monoisotopic (exact) mass is 310 g/mol. The van der Waals surface area contributed by atoms with Crippen molar-refractivity contribution in [1.82, 2.24) is 20.4 Å². The van der Waals surface area contributed by atoms with Crippen molar-refractivity contribution < 1.29 is 4.79 Å². The smallest absolute Gasteiger partial charge is 0.315 e. The lowest BCUT2D eigenvalue weighted by Crippen LogP contribution is -2.49. The Bertz CT molecular complexity index is 342. The highest BCUT2D eigenvalue weighted by atomic mass is 16.2. The highest BCUT2D eigenvalue weighted by molar-refractivity contribution is 5.74. The summed E-state index contributed by atoms with van der Waals surface area (Å²) in [7, 11) is 0. The molecule has 0 aromatic heterocycles. The van der Waals surface area contributed by atoms with Gasteiger partial charge in [-0.2, -0.15) is 0 Å². The summed E-state index contributed by atoms with van der Waals surface area (Å²) in [6.45, 7) is 14.4. The first-order valence-electron chi connectivity index (χ1n) is 9.07. The Morgan fingerprint density at radius 3 is 2.45 bits per heavy atom. The van der Waals surface area contributed by atoms with Crippen molar-refractivity contribution in [3.8, 4) is 0 Å². The standard InChI is InChI=1S/C17H34N4O/c1-4-20-8-10-21(11-9-20)13-14(2)12-18-17(22)19-16-7-5-6-15(16)3/h14-16H,4-13H2,1-3H3,(H2,18,19,22)/t14-,15+,16+/m1/s1. The molecular weight excluding hydrogens is 276 g/mol. The number of urea groups is 1. The molecule has 2 aliphatic rings. The van der Waals surface area contributed by atoms with Gasteiger partial charge in [-0.05, 0) is 31.2 Å². The fraction of sp³-hybridized carbons (Fsp3) is 0.941. The lowest BCUT2D eigenvalue weighted by molar-refractivity contribution is 0.124. The molecule has 2 amide bonds. The second kappa shape index (κ2) is 8.73. The molecule has 0 aromatic rings. The number of amides is 2. The van der Waals surface area contributed by atoms with E-state index in [4.69, 9.17) is 0 Å². The summed E-state index contributed by atoms with van der Waals surface area (Å²) < 4.78 is 0. The zero-order valence-electron chi connectivity index (χ0n) is 14.6. The Morgan fingerprint density at radius 2 is 1.86 bits per heavy atom. The maximum atomic E-state index is 12.0. The van der Waals surface area contributed by atoms with Crippen molar-refractivity contribution >= 4 is 6.03 Å². The molecule has 5 nitrogen and oxygen atoms in total. The van der Waals surface area contributed by atoms with E-state index in [9.17, 15) is 4.79 Å². The van der Waals surface area contributed by atoms with Crippen LogP contribution >= 0.6 is 0 Å². The molecule has 0 bridgehead atoms. The van der Waals surface area contributed by atoms with Crippen LogP contribution in [0.5, 0.6) is 0 Å². The Morgan fingerprint density at radius 1 is 1.18 bits per heavy atom.